The predicted octanol–water partition coefficient (Wildman–Crippen LogP) is 3.88. The van der Waals surface area contributed by atoms with Crippen LogP contribution in [0.2, 0.25) is 0 Å². The second kappa shape index (κ2) is 5.49. The summed E-state index contributed by atoms with van der Waals surface area (Å²) < 4.78 is 10.7. The number of fused-ring (bicyclic) bond motifs is 1. The Bertz CT molecular complexity index is 716. The van der Waals surface area contributed by atoms with Gasteiger partial charge in [0, 0.05) is 0 Å². The molecule has 1 atom stereocenters. The summed E-state index contributed by atoms with van der Waals surface area (Å²) in [5.41, 5.74) is 4.64. The van der Waals surface area contributed by atoms with Gasteiger partial charge < -0.3 is 9.47 Å². The molecule has 0 N–H and O–H groups in total. The number of ether oxygens (including phenoxy) is 2. The Morgan fingerprint density at radius 1 is 1.10 bits per heavy atom. The first kappa shape index (κ1) is 13.5. The van der Waals surface area contributed by atoms with Crippen LogP contribution in [-0.2, 0) is 6.42 Å². The summed E-state index contributed by atoms with van der Waals surface area (Å²) >= 11 is 0. The third-order valence-corrected chi connectivity index (χ3v) is 3.88. The molecule has 1 aliphatic heterocycles. The average molecular weight is 279 g/mol. The largest absolute Gasteiger partial charge is 0.454 e. The number of aryl methyl sites for hydroxylation is 2. The van der Waals surface area contributed by atoms with Gasteiger partial charge in [-0.3, -0.25) is 0 Å². The van der Waals surface area contributed by atoms with E-state index in [4.69, 9.17) is 9.47 Å². The SMILES string of the molecule is Cc1ccc(C)c(CC(C#N)c2ccc3c(c2)OCO3)c1. The fourth-order valence-corrected chi connectivity index (χ4v) is 2.61. The van der Waals surface area contributed by atoms with E-state index in [1.807, 2.05) is 18.2 Å². The molecule has 1 heterocycles. The third-order valence-electron chi connectivity index (χ3n) is 3.88. The van der Waals surface area contributed by atoms with E-state index in [-0.39, 0.29) is 12.7 Å². The van der Waals surface area contributed by atoms with Crippen molar-refractivity contribution in [3.8, 4) is 17.6 Å². The van der Waals surface area contributed by atoms with Crippen LogP contribution in [0.15, 0.2) is 36.4 Å². The van der Waals surface area contributed by atoms with Gasteiger partial charge in [-0.15, -0.1) is 0 Å². The van der Waals surface area contributed by atoms with Crippen molar-refractivity contribution >= 4 is 0 Å². The van der Waals surface area contributed by atoms with Crippen LogP contribution in [0, 0.1) is 25.2 Å². The van der Waals surface area contributed by atoms with Crippen molar-refractivity contribution in [3.63, 3.8) is 0 Å². The summed E-state index contributed by atoms with van der Waals surface area (Å²) in [6.45, 7) is 4.42. The maximum atomic E-state index is 9.53. The molecule has 106 valence electrons. The van der Waals surface area contributed by atoms with Gasteiger partial charge in [0.15, 0.2) is 11.5 Å². The number of nitrogens with zero attached hydrogens (tertiary/aromatic N) is 1. The summed E-state index contributed by atoms with van der Waals surface area (Å²) in [5.74, 6) is 1.30. The van der Waals surface area contributed by atoms with E-state index in [1.54, 1.807) is 0 Å². The highest BCUT2D eigenvalue weighted by Crippen LogP contribution is 2.35. The van der Waals surface area contributed by atoms with Gasteiger partial charge in [0.05, 0.1) is 12.0 Å². The van der Waals surface area contributed by atoms with Crippen LogP contribution in [0.25, 0.3) is 0 Å². The van der Waals surface area contributed by atoms with E-state index in [0.29, 0.717) is 6.42 Å². The molecule has 0 bridgehead atoms. The Morgan fingerprint density at radius 2 is 1.90 bits per heavy atom. The van der Waals surface area contributed by atoms with Crippen LogP contribution in [0.5, 0.6) is 11.5 Å². The Hall–Kier alpha value is -2.47. The minimum Gasteiger partial charge on any atom is -0.454 e. The monoisotopic (exact) mass is 279 g/mol. The van der Waals surface area contributed by atoms with E-state index in [0.717, 1.165) is 17.1 Å². The molecular formula is C18H17NO2. The van der Waals surface area contributed by atoms with Crippen molar-refractivity contribution in [2.24, 2.45) is 0 Å². The first-order valence-electron chi connectivity index (χ1n) is 7.02. The molecule has 3 nitrogen and oxygen atoms in total. The van der Waals surface area contributed by atoms with E-state index >= 15 is 0 Å². The van der Waals surface area contributed by atoms with Crippen LogP contribution in [0.1, 0.15) is 28.2 Å². The second-order valence-electron chi connectivity index (χ2n) is 5.43. The van der Waals surface area contributed by atoms with E-state index in [2.05, 4.69) is 38.1 Å². The highest BCUT2D eigenvalue weighted by Gasteiger charge is 2.18. The first-order chi connectivity index (χ1) is 10.2. The topological polar surface area (TPSA) is 42.2 Å². The molecular weight excluding hydrogens is 262 g/mol. The van der Waals surface area contributed by atoms with E-state index in [9.17, 15) is 5.26 Å². The second-order valence-corrected chi connectivity index (χ2v) is 5.43. The third kappa shape index (κ3) is 2.71. The van der Waals surface area contributed by atoms with Crippen molar-refractivity contribution in [2.45, 2.75) is 26.2 Å². The average Bonchev–Trinajstić information content (AvgIpc) is 2.95. The van der Waals surface area contributed by atoms with Crippen LogP contribution < -0.4 is 9.47 Å². The smallest absolute Gasteiger partial charge is 0.231 e. The molecule has 0 aromatic heterocycles. The van der Waals surface area contributed by atoms with Crippen LogP contribution in [0.3, 0.4) is 0 Å². The fourth-order valence-electron chi connectivity index (χ4n) is 2.61. The lowest BCUT2D eigenvalue weighted by Gasteiger charge is -2.13. The van der Waals surface area contributed by atoms with Crippen molar-refractivity contribution in [1.82, 2.24) is 0 Å². The lowest BCUT2D eigenvalue weighted by molar-refractivity contribution is 0.174. The van der Waals surface area contributed by atoms with Gasteiger partial charge in [0.25, 0.3) is 0 Å². The van der Waals surface area contributed by atoms with Gasteiger partial charge in [-0.05, 0) is 49.1 Å². The minimum atomic E-state index is -0.181. The lowest BCUT2D eigenvalue weighted by atomic mass is 9.90. The molecule has 3 heteroatoms. The van der Waals surface area contributed by atoms with Gasteiger partial charge in [-0.2, -0.15) is 5.26 Å². The highest BCUT2D eigenvalue weighted by atomic mass is 16.7. The Labute approximate surface area is 124 Å². The zero-order chi connectivity index (χ0) is 14.8. The molecule has 3 rings (SSSR count). The summed E-state index contributed by atoms with van der Waals surface area (Å²) in [4.78, 5) is 0. The molecule has 0 spiro atoms. The lowest BCUT2D eigenvalue weighted by Crippen LogP contribution is -2.02. The van der Waals surface area contributed by atoms with Gasteiger partial charge >= 0.3 is 0 Å². The Morgan fingerprint density at radius 3 is 2.71 bits per heavy atom. The molecule has 1 aliphatic rings. The Balaban J connectivity index is 1.89. The quantitative estimate of drug-likeness (QED) is 0.856. The zero-order valence-electron chi connectivity index (χ0n) is 12.2. The van der Waals surface area contributed by atoms with Gasteiger partial charge in [-0.1, -0.05) is 29.8 Å². The standard InChI is InChI=1S/C18H17NO2/c1-12-3-4-13(2)15(7-12)8-16(10-19)14-5-6-17-18(9-14)21-11-20-17/h3-7,9,16H,8,11H2,1-2H3. The van der Waals surface area contributed by atoms with Crippen LogP contribution >= 0.6 is 0 Å². The minimum absolute atomic E-state index is 0.181. The summed E-state index contributed by atoms with van der Waals surface area (Å²) in [6, 6.07) is 14.5. The molecule has 0 saturated carbocycles. The molecule has 21 heavy (non-hydrogen) atoms. The van der Waals surface area contributed by atoms with Crippen molar-refractivity contribution < 1.29 is 9.47 Å². The number of rotatable bonds is 3. The van der Waals surface area contributed by atoms with Crippen molar-refractivity contribution in [2.75, 3.05) is 6.79 Å². The molecule has 0 saturated heterocycles. The van der Waals surface area contributed by atoms with E-state index in [1.165, 1.54) is 16.7 Å². The summed E-state index contributed by atoms with van der Waals surface area (Å²) in [5, 5.41) is 9.53. The molecule has 1 unspecified atom stereocenters. The van der Waals surface area contributed by atoms with Crippen LogP contribution in [-0.4, -0.2) is 6.79 Å². The normalized spacial score (nSPS) is 13.8. The fraction of sp³-hybridized carbons (Fsp3) is 0.278. The summed E-state index contributed by atoms with van der Waals surface area (Å²) in [6.07, 6.45) is 0.712. The maximum Gasteiger partial charge on any atom is 0.231 e. The molecule has 0 radical (unpaired) electrons. The first-order valence-corrected chi connectivity index (χ1v) is 7.02. The number of nitriles is 1. The van der Waals surface area contributed by atoms with Gasteiger partial charge in [0.2, 0.25) is 6.79 Å². The zero-order valence-corrected chi connectivity index (χ0v) is 12.2. The summed E-state index contributed by atoms with van der Waals surface area (Å²) in [7, 11) is 0. The van der Waals surface area contributed by atoms with E-state index < -0.39 is 0 Å². The number of benzene rings is 2. The highest BCUT2D eigenvalue weighted by molar-refractivity contribution is 5.47. The van der Waals surface area contributed by atoms with Gasteiger partial charge in [0.1, 0.15) is 0 Å². The molecule has 2 aromatic rings. The molecule has 0 fully saturated rings. The number of hydrogen-bond donors (Lipinski definition) is 0. The number of hydrogen-bond acceptors (Lipinski definition) is 3. The van der Waals surface area contributed by atoms with Crippen molar-refractivity contribution in [1.29, 1.82) is 5.26 Å². The maximum absolute atomic E-state index is 9.53. The Kier molecular flexibility index (Phi) is 3.53. The van der Waals surface area contributed by atoms with Crippen molar-refractivity contribution in [3.05, 3.63) is 58.7 Å². The molecule has 2 aromatic carbocycles. The van der Waals surface area contributed by atoms with Crippen LogP contribution in [0.4, 0.5) is 0 Å². The molecule has 0 aliphatic carbocycles. The predicted molar refractivity (Wildman–Crippen MR) is 80.5 cm³/mol. The van der Waals surface area contributed by atoms with Gasteiger partial charge in [-0.25, -0.2) is 0 Å². The molecule has 0 amide bonds.